The molecule has 132 valence electrons. The maximum Gasteiger partial charge on any atom is 0.245 e. The summed E-state index contributed by atoms with van der Waals surface area (Å²) in [6.45, 7) is 13.0. The van der Waals surface area contributed by atoms with Crippen LogP contribution in [0, 0.1) is 0 Å². The zero-order chi connectivity index (χ0) is 18.1. The highest BCUT2D eigenvalue weighted by Crippen LogP contribution is 2.22. The summed E-state index contributed by atoms with van der Waals surface area (Å²) in [6, 6.07) is 1.76. The van der Waals surface area contributed by atoms with Crippen LogP contribution in [0.5, 0.6) is 0 Å². The number of nitrogens with one attached hydrogen (secondary N) is 1. The molecule has 0 fully saturated rings. The van der Waals surface area contributed by atoms with Crippen LogP contribution in [-0.2, 0) is 16.8 Å². The lowest BCUT2D eigenvalue weighted by molar-refractivity contribution is -0.133. The van der Waals surface area contributed by atoms with Gasteiger partial charge in [-0.3, -0.25) is 9.89 Å². The molecule has 1 atom stereocenters. The molecule has 2 rings (SSSR count). The highest BCUT2D eigenvalue weighted by Gasteiger charge is 2.23. The van der Waals surface area contributed by atoms with E-state index in [-0.39, 0.29) is 23.3 Å². The minimum atomic E-state index is -0.278. The summed E-state index contributed by atoms with van der Waals surface area (Å²) in [5.74, 6) is 1.27. The van der Waals surface area contributed by atoms with Gasteiger partial charge in [0.1, 0.15) is 11.9 Å². The second-order valence-electron chi connectivity index (χ2n) is 7.75. The standard InChI is InChI=1S/C18H29N5O/c1-12(2)16-19-8-9-23(16)13(3)17(24)22(7)11-14-10-15(21-20-14)18(4,5)6/h8-10,12-13H,11H2,1-7H3,(H,20,21)/t13-/m1/s1. The van der Waals surface area contributed by atoms with Crippen molar-refractivity contribution in [3.8, 4) is 0 Å². The summed E-state index contributed by atoms with van der Waals surface area (Å²) in [6.07, 6.45) is 3.63. The summed E-state index contributed by atoms with van der Waals surface area (Å²) in [5, 5.41) is 7.39. The second kappa shape index (κ2) is 6.79. The van der Waals surface area contributed by atoms with Gasteiger partial charge in [0.15, 0.2) is 0 Å². The number of amides is 1. The van der Waals surface area contributed by atoms with Gasteiger partial charge in [0.05, 0.1) is 17.9 Å². The second-order valence-corrected chi connectivity index (χ2v) is 7.75. The zero-order valence-corrected chi connectivity index (χ0v) is 15.8. The van der Waals surface area contributed by atoms with E-state index in [1.54, 1.807) is 11.1 Å². The van der Waals surface area contributed by atoms with E-state index in [4.69, 9.17) is 0 Å². The van der Waals surface area contributed by atoms with Crippen LogP contribution < -0.4 is 0 Å². The number of aromatic amines is 1. The predicted molar refractivity (Wildman–Crippen MR) is 94.8 cm³/mol. The minimum absolute atomic E-state index is 0.00635. The highest BCUT2D eigenvalue weighted by atomic mass is 16.2. The molecule has 2 aromatic rings. The van der Waals surface area contributed by atoms with Gasteiger partial charge in [-0.25, -0.2) is 4.98 Å². The molecule has 0 aromatic carbocycles. The van der Waals surface area contributed by atoms with E-state index < -0.39 is 0 Å². The molecule has 0 spiro atoms. The largest absolute Gasteiger partial charge is 0.338 e. The average molecular weight is 331 g/mol. The van der Waals surface area contributed by atoms with Crippen molar-refractivity contribution in [2.45, 2.75) is 65.5 Å². The summed E-state index contributed by atoms with van der Waals surface area (Å²) in [7, 11) is 1.82. The SMILES string of the molecule is CC(C)c1nccn1[C@H](C)C(=O)N(C)Cc1cc(C(C)(C)C)n[nH]1. The van der Waals surface area contributed by atoms with Crippen LogP contribution in [0.25, 0.3) is 0 Å². The minimum Gasteiger partial charge on any atom is -0.338 e. The number of imidazole rings is 1. The van der Waals surface area contributed by atoms with Crippen molar-refractivity contribution in [1.29, 1.82) is 0 Å². The fourth-order valence-electron chi connectivity index (χ4n) is 2.70. The van der Waals surface area contributed by atoms with E-state index >= 15 is 0 Å². The number of aromatic nitrogens is 4. The Morgan fingerprint density at radius 3 is 2.54 bits per heavy atom. The normalized spacial score (nSPS) is 13.3. The number of nitrogens with zero attached hydrogens (tertiary/aromatic N) is 4. The molecule has 0 radical (unpaired) electrons. The molecule has 1 N–H and O–H groups in total. The molecule has 6 heteroatoms. The van der Waals surface area contributed by atoms with Gasteiger partial charge in [-0.15, -0.1) is 0 Å². The first kappa shape index (κ1) is 18.2. The third kappa shape index (κ3) is 3.86. The van der Waals surface area contributed by atoms with Gasteiger partial charge < -0.3 is 9.47 Å². The Morgan fingerprint density at radius 1 is 1.33 bits per heavy atom. The zero-order valence-electron chi connectivity index (χ0n) is 15.8. The Hall–Kier alpha value is -2.11. The smallest absolute Gasteiger partial charge is 0.245 e. The number of hydrogen-bond donors (Lipinski definition) is 1. The summed E-state index contributed by atoms with van der Waals surface area (Å²) < 4.78 is 1.96. The maximum atomic E-state index is 12.8. The van der Waals surface area contributed by atoms with E-state index in [1.165, 1.54) is 0 Å². The first-order valence-electron chi connectivity index (χ1n) is 8.43. The third-order valence-corrected chi connectivity index (χ3v) is 4.17. The van der Waals surface area contributed by atoms with Crippen LogP contribution in [0.4, 0.5) is 0 Å². The molecule has 0 saturated carbocycles. The Morgan fingerprint density at radius 2 is 2.00 bits per heavy atom. The van der Waals surface area contributed by atoms with Gasteiger partial charge in [0.25, 0.3) is 0 Å². The van der Waals surface area contributed by atoms with Crippen LogP contribution >= 0.6 is 0 Å². The number of H-pyrrole nitrogens is 1. The van der Waals surface area contributed by atoms with Crippen LogP contribution in [0.15, 0.2) is 18.5 Å². The van der Waals surface area contributed by atoms with E-state index in [9.17, 15) is 4.79 Å². The van der Waals surface area contributed by atoms with Gasteiger partial charge in [0, 0.05) is 30.8 Å². The van der Waals surface area contributed by atoms with Crippen LogP contribution in [0.2, 0.25) is 0 Å². The lowest BCUT2D eigenvalue weighted by Gasteiger charge is -2.23. The Balaban J connectivity index is 2.09. The molecular formula is C18H29N5O. The Kier molecular flexibility index (Phi) is 5.16. The summed E-state index contributed by atoms with van der Waals surface area (Å²) in [5.41, 5.74) is 1.94. The third-order valence-electron chi connectivity index (χ3n) is 4.17. The Labute approximate surface area is 144 Å². The molecule has 0 unspecified atom stereocenters. The van der Waals surface area contributed by atoms with Crippen molar-refractivity contribution in [3.63, 3.8) is 0 Å². The quantitative estimate of drug-likeness (QED) is 0.914. The van der Waals surface area contributed by atoms with Gasteiger partial charge in [-0.2, -0.15) is 5.10 Å². The maximum absolute atomic E-state index is 12.8. The van der Waals surface area contributed by atoms with Crippen molar-refractivity contribution < 1.29 is 4.79 Å². The number of hydrogen-bond acceptors (Lipinski definition) is 3. The predicted octanol–water partition coefficient (Wildman–Crippen LogP) is 3.25. The number of likely N-dealkylation sites (N-methyl/N-ethyl adjacent to an activating group) is 1. The van der Waals surface area contributed by atoms with Crippen molar-refractivity contribution in [1.82, 2.24) is 24.6 Å². The van der Waals surface area contributed by atoms with Crippen LogP contribution in [-0.4, -0.2) is 37.6 Å². The van der Waals surface area contributed by atoms with E-state index in [1.807, 2.05) is 30.8 Å². The van der Waals surface area contributed by atoms with E-state index in [0.29, 0.717) is 6.54 Å². The van der Waals surface area contributed by atoms with Gasteiger partial charge in [-0.1, -0.05) is 34.6 Å². The first-order chi connectivity index (χ1) is 11.1. The first-order valence-corrected chi connectivity index (χ1v) is 8.43. The number of rotatable bonds is 5. The monoisotopic (exact) mass is 331 g/mol. The van der Waals surface area contributed by atoms with Crippen molar-refractivity contribution >= 4 is 5.91 Å². The fourth-order valence-corrected chi connectivity index (χ4v) is 2.70. The molecule has 0 aliphatic rings. The van der Waals surface area contributed by atoms with Crippen molar-refractivity contribution in [3.05, 3.63) is 35.7 Å². The van der Waals surface area contributed by atoms with Gasteiger partial charge in [0.2, 0.25) is 5.91 Å². The summed E-state index contributed by atoms with van der Waals surface area (Å²) in [4.78, 5) is 18.9. The van der Waals surface area contributed by atoms with E-state index in [0.717, 1.165) is 17.2 Å². The van der Waals surface area contributed by atoms with Gasteiger partial charge in [-0.05, 0) is 13.0 Å². The lowest BCUT2D eigenvalue weighted by Crippen LogP contribution is -2.33. The average Bonchev–Trinajstić information content (AvgIpc) is 3.13. The lowest BCUT2D eigenvalue weighted by atomic mass is 9.92. The van der Waals surface area contributed by atoms with Crippen LogP contribution in [0.1, 0.15) is 70.7 Å². The molecule has 0 saturated heterocycles. The van der Waals surface area contributed by atoms with Crippen molar-refractivity contribution in [2.75, 3.05) is 7.05 Å². The molecule has 2 heterocycles. The van der Waals surface area contributed by atoms with Crippen molar-refractivity contribution in [2.24, 2.45) is 0 Å². The number of carbonyl (C=O) groups excluding carboxylic acids is 1. The molecule has 0 aliphatic heterocycles. The molecular weight excluding hydrogens is 302 g/mol. The molecule has 0 aliphatic carbocycles. The molecule has 6 nitrogen and oxygen atoms in total. The summed E-state index contributed by atoms with van der Waals surface area (Å²) >= 11 is 0. The Bertz CT molecular complexity index is 692. The number of carbonyl (C=O) groups is 1. The molecule has 0 bridgehead atoms. The fraction of sp³-hybridized carbons (Fsp3) is 0.611. The molecule has 1 amide bonds. The topological polar surface area (TPSA) is 66.8 Å². The molecule has 24 heavy (non-hydrogen) atoms. The van der Waals surface area contributed by atoms with E-state index in [2.05, 4.69) is 49.8 Å². The molecule has 2 aromatic heterocycles. The highest BCUT2D eigenvalue weighted by molar-refractivity contribution is 5.79. The van der Waals surface area contributed by atoms with Gasteiger partial charge >= 0.3 is 0 Å². The van der Waals surface area contributed by atoms with Crippen LogP contribution in [0.3, 0.4) is 0 Å².